The molecule has 0 N–H and O–H groups in total. The van der Waals surface area contributed by atoms with Crippen LogP contribution in [0.5, 0.6) is 0 Å². The van der Waals surface area contributed by atoms with Crippen molar-refractivity contribution in [3.05, 3.63) is 59.4 Å². The molecule has 1 heterocycles. The molecular formula is C14H9FO2. The van der Waals surface area contributed by atoms with Gasteiger partial charge in [0.2, 0.25) is 0 Å². The highest BCUT2D eigenvalue weighted by Gasteiger charge is 2.21. The molecule has 0 aliphatic carbocycles. The molecule has 2 aromatic rings. The molecule has 0 spiro atoms. The van der Waals surface area contributed by atoms with Gasteiger partial charge in [0.05, 0.1) is 5.56 Å². The molecule has 1 aliphatic rings. The summed E-state index contributed by atoms with van der Waals surface area (Å²) in [6.45, 7) is 0.274. The zero-order valence-electron chi connectivity index (χ0n) is 8.94. The van der Waals surface area contributed by atoms with Crippen LogP contribution in [-0.4, -0.2) is 5.97 Å². The standard InChI is InChI=1S/C14H9FO2/c15-13-4-2-1-3-11(13)9-5-6-12-10(7-9)8-17-14(12)16/h1-7H,8H2. The van der Waals surface area contributed by atoms with E-state index >= 15 is 0 Å². The van der Waals surface area contributed by atoms with E-state index in [2.05, 4.69) is 0 Å². The molecule has 0 unspecified atom stereocenters. The van der Waals surface area contributed by atoms with Gasteiger partial charge in [-0.1, -0.05) is 24.3 Å². The molecule has 0 amide bonds. The molecule has 0 fully saturated rings. The molecule has 0 saturated carbocycles. The van der Waals surface area contributed by atoms with E-state index in [-0.39, 0.29) is 18.4 Å². The molecule has 3 heteroatoms. The first-order valence-corrected chi connectivity index (χ1v) is 5.30. The fourth-order valence-corrected chi connectivity index (χ4v) is 2.00. The van der Waals surface area contributed by atoms with Crippen LogP contribution >= 0.6 is 0 Å². The van der Waals surface area contributed by atoms with Crippen LogP contribution in [0.4, 0.5) is 4.39 Å². The fraction of sp³-hybridized carbons (Fsp3) is 0.0714. The number of hydrogen-bond donors (Lipinski definition) is 0. The lowest BCUT2D eigenvalue weighted by Gasteiger charge is -2.04. The lowest BCUT2D eigenvalue weighted by atomic mass is 10.00. The third-order valence-corrected chi connectivity index (χ3v) is 2.87. The third kappa shape index (κ3) is 1.60. The molecule has 84 valence electrons. The summed E-state index contributed by atoms with van der Waals surface area (Å²) in [7, 11) is 0. The Morgan fingerprint density at radius 1 is 1.06 bits per heavy atom. The van der Waals surface area contributed by atoms with Gasteiger partial charge in [-0.2, -0.15) is 0 Å². The van der Waals surface area contributed by atoms with Crippen LogP contribution in [0.1, 0.15) is 15.9 Å². The summed E-state index contributed by atoms with van der Waals surface area (Å²) in [5, 5.41) is 0. The van der Waals surface area contributed by atoms with Crippen molar-refractivity contribution in [2.45, 2.75) is 6.61 Å². The Balaban J connectivity index is 2.12. The summed E-state index contributed by atoms with van der Waals surface area (Å²) in [4.78, 5) is 11.3. The molecule has 0 radical (unpaired) electrons. The maximum Gasteiger partial charge on any atom is 0.338 e. The third-order valence-electron chi connectivity index (χ3n) is 2.87. The maximum absolute atomic E-state index is 13.6. The van der Waals surface area contributed by atoms with Crippen LogP contribution in [0.25, 0.3) is 11.1 Å². The number of hydrogen-bond acceptors (Lipinski definition) is 2. The number of fused-ring (bicyclic) bond motifs is 1. The summed E-state index contributed by atoms with van der Waals surface area (Å²) in [5.74, 6) is -0.572. The van der Waals surface area contributed by atoms with Crippen LogP contribution in [0.3, 0.4) is 0 Å². The topological polar surface area (TPSA) is 26.3 Å². The molecular weight excluding hydrogens is 219 g/mol. The van der Waals surface area contributed by atoms with E-state index in [0.717, 1.165) is 11.1 Å². The lowest BCUT2D eigenvalue weighted by molar-refractivity contribution is 0.0535. The smallest absolute Gasteiger partial charge is 0.338 e. The molecule has 2 nitrogen and oxygen atoms in total. The van der Waals surface area contributed by atoms with Crippen molar-refractivity contribution in [1.82, 2.24) is 0 Å². The van der Waals surface area contributed by atoms with Gasteiger partial charge in [0.25, 0.3) is 0 Å². The Bertz CT molecular complexity index is 605. The van der Waals surface area contributed by atoms with Crippen molar-refractivity contribution in [1.29, 1.82) is 0 Å². The second kappa shape index (κ2) is 3.70. The lowest BCUT2D eigenvalue weighted by Crippen LogP contribution is -1.93. The number of esters is 1. The summed E-state index contributed by atoms with van der Waals surface area (Å²) >= 11 is 0. The van der Waals surface area contributed by atoms with Crippen LogP contribution in [0.2, 0.25) is 0 Å². The quantitative estimate of drug-likeness (QED) is 0.701. The van der Waals surface area contributed by atoms with E-state index in [4.69, 9.17) is 4.74 Å². The Hall–Kier alpha value is -2.16. The largest absolute Gasteiger partial charge is 0.457 e. The molecule has 0 atom stereocenters. The maximum atomic E-state index is 13.6. The average molecular weight is 228 g/mol. The Morgan fingerprint density at radius 3 is 2.71 bits per heavy atom. The highest BCUT2D eigenvalue weighted by Crippen LogP contribution is 2.28. The zero-order valence-corrected chi connectivity index (χ0v) is 8.94. The van der Waals surface area contributed by atoms with Gasteiger partial charge >= 0.3 is 5.97 Å². The van der Waals surface area contributed by atoms with Gasteiger partial charge in [-0.05, 0) is 23.8 Å². The van der Waals surface area contributed by atoms with Gasteiger partial charge in [-0.3, -0.25) is 0 Å². The van der Waals surface area contributed by atoms with E-state index < -0.39 is 0 Å². The van der Waals surface area contributed by atoms with E-state index in [1.807, 2.05) is 0 Å². The van der Waals surface area contributed by atoms with Crippen molar-refractivity contribution >= 4 is 5.97 Å². The summed E-state index contributed by atoms with van der Waals surface area (Å²) in [5.41, 5.74) is 2.69. The highest BCUT2D eigenvalue weighted by atomic mass is 19.1. The summed E-state index contributed by atoms with van der Waals surface area (Å²) in [6.07, 6.45) is 0. The minimum absolute atomic E-state index is 0.266. The number of rotatable bonds is 1. The first kappa shape index (κ1) is 10.0. The molecule has 1 aliphatic heterocycles. The van der Waals surface area contributed by atoms with Gasteiger partial charge in [0.1, 0.15) is 12.4 Å². The van der Waals surface area contributed by atoms with Crippen molar-refractivity contribution in [3.63, 3.8) is 0 Å². The predicted octanol–water partition coefficient (Wildman–Crippen LogP) is 3.16. The zero-order chi connectivity index (χ0) is 11.8. The Labute approximate surface area is 97.7 Å². The second-order valence-corrected chi connectivity index (χ2v) is 3.93. The molecule has 2 aromatic carbocycles. The van der Waals surface area contributed by atoms with Gasteiger partial charge in [-0.25, -0.2) is 9.18 Å². The van der Waals surface area contributed by atoms with E-state index in [1.165, 1.54) is 6.07 Å². The van der Waals surface area contributed by atoms with Crippen molar-refractivity contribution < 1.29 is 13.9 Å². The minimum Gasteiger partial charge on any atom is -0.457 e. The molecule has 0 bridgehead atoms. The van der Waals surface area contributed by atoms with E-state index in [9.17, 15) is 9.18 Å². The summed E-state index contributed by atoms with van der Waals surface area (Å²) < 4.78 is 18.5. The Kier molecular flexibility index (Phi) is 2.18. The first-order chi connectivity index (χ1) is 8.25. The number of cyclic esters (lactones) is 1. The number of carbonyl (C=O) groups is 1. The molecule has 3 rings (SSSR count). The van der Waals surface area contributed by atoms with Crippen LogP contribution in [0.15, 0.2) is 42.5 Å². The first-order valence-electron chi connectivity index (χ1n) is 5.30. The molecule has 17 heavy (non-hydrogen) atoms. The van der Waals surface area contributed by atoms with Crippen molar-refractivity contribution in [2.75, 3.05) is 0 Å². The highest BCUT2D eigenvalue weighted by molar-refractivity contribution is 5.94. The fourth-order valence-electron chi connectivity index (χ4n) is 2.00. The van der Waals surface area contributed by atoms with Gasteiger partial charge < -0.3 is 4.74 Å². The number of carbonyl (C=O) groups excluding carboxylic acids is 1. The summed E-state index contributed by atoms with van der Waals surface area (Å²) in [6, 6.07) is 11.8. The number of benzene rings is 2. The van der Waals surface area contributed by atoms with Gasteiger partial charge in [0.15, 0.2) is 0 Å². The van der Waals surface area contributed by atoms with Crippen molar-refractivity contribution in [3.8, 4) is 11.1 Å². The number of halogens is 1. The normalized spacial score (nSPS) is 13.4. The van der Waals surface area contributed by atoms with E-state index in [0.29, 0.717) is 11.1 Å². The minimum atomic E-state index is -0.305. The second-order valence-electron chi connectivity index (χ2n) is 3.93. The van der Waals surface area contributed by atoms with Gasteiger partial charge in [-0.15, -0.1) is 0 Å². The van der Waals surface area contributed by atoms with Crippen molar-refractivity contribution in [2.24, 2.45) is 0 Å². The SMILES string of the molecule is O=C1OCc2cc(-c3ccccc3F)ccc21. The number of ether oxygens (including phenoxy) is 1. The van der Waals surface area contributed by atoms with Gasteiger partial charge in [0, 0.05) is 11.1 Å². The Morgan fingerprint density at radius 2 is 1.88 bits per heavy atom. The van der Waals surface area contributed by atoms with Crippen LogP contribution in [0, 0.1) is 5.82 Å². The molecule has 0 aromatic heterocycles. The van der Waals surface area contributed by atoms with Crippen LogP contribution in [-0.2, 0) is 11.3 Å². The van der Waals surface area contributed by atoms with Crippen LogP contribution < -0.4 is 0 Å². The molecule has 0 saturated heterocycles. The predicted molar refractivity (Wildman–Crippen MR) is 61.0 cm³/mol. The average Bonchev–Trinajstić information content (AvgIpc) is 2.71. The monoisotopic (exact) mass is 228 g/mol. The van der Waals surface area contributed by atoms with E-state index in [1.54, 1.807) is 36.4 Å².